The molecular formula is C26H29ClN2O3S. The predicted octanol–water partition coefficient (Wildman–Crippen LogP) is 5.82. The number of nitrogens with one attached hydrogen (secondary N) is 1. The Labute approximate surface area is 201 Å². The standard InChI is InChI=1S/C26H29ClN2O3S/c1-18(2)20(4)28-26(30)24-7-5-6-8-25(24)29(17-21-11-13-22(27)14-12-21)33(31,32)23-15-9-19(3)10-16-23/h5-16,18,20H,17H2,1-4H3,(H,28,30)/t20-/m0/s1. The van der Waals surface area contributed by atoms with Gasteiger partial charge in [-0.1, -0.05) is 67.4 Å². The third kappa shape index (κ3) is 5.95. The second-order valence-corrected chi connectivity index (χ2v) is 10.8. The number of anilines is 1. The number of carbonyl (C=O) groups is 1. The summed E-state index contributed by atoms with van der Waals surface area (Å²) in [7, 11) is -3.96. The van der Waals surface area contributed by atoms with E-state index < -0.39 is 10.0 Å². The van der Waals surface area contributed by atoms with E-state index in [9.17, 15) is 13.2 Å². The number of hydrogen-bond acceptors (Lipinski definition) is 3. The highest BCUT2D eigenvalue weighted by Crippen LogP contribution is 2.30. The van der Waals surface area contributed by atoms with Crippen LogP contribution >= 0.6 is 11.6 Å². The highest BCUT2D eigenvalue weighted by molar-refractivity contribution is 7.92. The maximum Gasteiger partial charge on any atom is 0.264 e. The Morgan fingerprint density at radius 3 is 2.15 bits per heavy atom. The van der Waals surface area contributed by atoms with E-state index in [1.807, 2.05) is 27.7 Å². The van der Waals surface area contributed by atoms with Gasteiger partial charge in [0.15, 0.2) is 0 Å². The molecule has 0 aromatic heterocycles. The third-order valence-corrected chi connectivity index (χ3v) is 7.65. The highest BCUT2D eigenvalue weighted by atomic mass is 35.5. The largest absolute Gasteiger partial charge is 0.349 e. The molecule has 1 atom stereocenters. The van der Waals surface area contributed by atoms with Crippen LogP contribution in [0.5, 0.6) is 0 Å². The fourth-order valence-electron chi connectivity index (χ4n) is 3.23. The van der Waals surface area contributed by atoms with Crippen molar-refractivity contribution >= 4 is 33.2 Å². The van der Waals surface area contributed by atoms with Crippen molar-refractivity contribution in [2.24, 2.45) is 5.92 Å². The van der Waals surface area contributed by atoms with Gasteiger partial charge in [0, 0.05) is 11.1 Å². The first kappa shape index (κ1) is 24.8. The number of halogens is 1. The van der Waals surface area contributed by atoms with E-state index in [0.717, 1.165) is 11.1 Å². The number of benzene rings is 3. The molecule has 1 N–H and O–H groups in total. The third-order valence-electron chi connectivity index (χ3n) is 5.62. The maximum absolute atomic E-state index is 13.8. The molecule has 0 saturated heterocycles. The molecule has 0 radical (unpaired) electrons. The molecule has 0 spiro atoms. The fraction of sp³-hybridized carbons (Fsp3) is 0.269. The topological polar surface area (TPSA) is 66.5 Å². The molecule has 0 heterocycles. The van der Waals surface area contributed by atoms with Crippen molar-refractivity contribution in [2.75, 3.05) is 4.31 Å². The minimum absolute atomic E-state index is 0.0530. The smallest absolute Gasteiger partial charge is 0.264 e. The van der Waals surface area contributed by atoms with Gasteiger partial charge >= 0.3 is 0 Å². The minimum atomic E-state index is -3.96. The average molecular weight is 485 g/mol. The Balaban J connectivity index is 2.11. The van der Waals surface area contributed by atoms with E-state index in [-0.39, 0.29) is 29.3 Å². The van der Waals surface area contributed by atoms with E-state index >= 15 is 0 Å². The lowest BCUT2D eigenvalue weighted by atomic mass is 10.1. The number of para-hydroxylation sites is 1. The summed E-state index contributed by atoms with van der Waals surface area (Å²) in [4.78, 5) is 13.3. The van der Waals surface area contributed by atoms with Gasteiger partial charge in [0.05, 0.1) is 22.7 Å². The normalized spacial score (nSPS) is 12.4. The van der Waals surface area contributed by atoms with Crippen molar-refractivity contribution in [3.05, 3.63) is 94.5 Å². The van der Waals surface area contributed by atoms with E-state index in [4.69, 9.17) is 11.6 Å². The van der Waals surface area contributed by atoms with Gasteiger partial charge in [-0.05, 0) is 61.7 Å². The van der Waals surface area contributed by atoms with Crippen LogP contribution in [0.25, 0.3) is 0 Å². The van der Waals surface area contributed by atoms with Crippen molar-refractivity contribution in [3.8, 4) is 0 Å². The lowest BCUT2D eigenvalue weighted by molar-refractivity contribution is 0.0931. The van der Waals surface area contributed by atoms with Gasteiger partial charge < -0.3 is 5.32 Å². The van der Waals surface area contributed by atoms with Crippen LogP contribution in [-0.2, 0) is 16.6 Å². The van der Waals surface area contributed by atoms with Gasteiger partial charge in [-0.2, -0.15) is 0 Å². The molecule has 174 valence electrons. The fourth-order valence-corrected chi connectivity index (χ4v) is 4.82. The molecule has 7 heteroatoms. The van der Waals surface area contributed by atoms with Gasteiger partial charge in [0.2, 0.25) is 0 Å². The summed E-state index contributed by atoms with van der Waals surface area (Å²) in [5.74, 6) is -0.0745. The summed E-state index contributed by atoms with van der Waals surface area (Å²) in [6, 6.07) is 20.4. The van der Waals surface area contributed by atoms with Gasteiger partial charge in [-0.25, -0.2) is 8.42 Å². The maximum atomic E-state index is 13.8. The molecule has 1 amide bonds. The van der Waals surface area contributed by atoms with Crippen molar-refractivity contribution in [1.82, 2.24) is 5.32 Å². The summed E-state index contributed by atoms with van der Waals surface area (Å²) >= 11 is 6.02. The summed E-state index contributed by atoms with van der Waals surface area (Å²) in [5, 5.41) is 3.55. The Bertz CT molecular complexity index is 1210. The van der Waals surface area contributed by atoms with Crippen LogP contribution in [0.3, 0.4) is 0 Å². The van der Waals surface area contributed by atoms with Crippen LogP contribution in [0, 0.1) is 12.8 Å². The first-order valence-corrected chi connectivity index (χ1v) is 12.6. The molecule has 0 saturated carbocycles. The zero-order chi connectivity index (χ0) is 24.2. The summed E-state index contributed by atoms with van der Waals surface area (Å²) < 4.78 is 28.9. The van der Waals surface area contributed by atoms with Gasteiger partial charge in [-0.15, -0.1) is 0 Å². The van der Waals surface area contributed by atoms with Crippen molar-refractivity contribution in [1.29, 1.82) is 0 Å². The molecule has 0 fully saturated rings. The zero-order valence-electron chi connectivity index (χ0n) is 19.2. The highest BCUT2D eigenvalue weighted by Gasteiger charge is 2.29. The zero-order valence-corrected chi connectivity index (χ0v) is 20.8. The number of rotatable bonds is 8. The van der Waals surface area contributed by atoms with Crippen molar-refractivity contribution in [3.63, 3.8) is 0 Å². The van der Waals surface area contributed by atoms with Gasteiger partial charge in [-0.3, -0.25) is 9.10 Å². The Morgan fingerprint density at radius 1 is 0.939 bits per heavy atom. The average Bonchev–Trinajstić information content (AvgIpc) is 2.78. The number of hydrogen-bond donors (Lipinski definition) is 1. The molecule has 33 heavy (non-hydrogen) atoms. The molecule has 0 unspecified atom stereocenters. The Morgan fingerprint density at radius 2 is 1.55 bits per heavy atom. The molecule has 0 aliphatic rings. The number of nitrogens with zero attached hydrogens (tertiary/aromatic N) is 1. The second-order valence-electron chi connectivity index (χ2n) is 8.47. The van der Waals surface area contributed by atoms with Crippen LogP contribution in [0.2, 0.25) is 5.02 Å². The molecule has 3 aromatic rings. The molecule has 3 rings (SSSR count). The summed E-state index contributed by atoms with van der Waals surface area (Å²) in [6.07, 6.45) is 0. The van der Waals surface area contributed by atoms with Crippen LogP contribution in [-0.4, -0.2) is 20.4 Å². The molecular weight excluding hydrogens is 456 g/mol. The first-order chi connectivity index (χ1) is 15.6. The lowest BCUT2D eigenvalue weighted by Gasteiger charge is -2.27. The van der Waals surface area contributed by atoms with Crippen LogP contribution in [0.15, 0.2) is 77.7 Å². The van der Waals surface area contributed by atoms with E-state index in [1.165, 1.54) is 4.31 Å². The quantitative estimate of drug-likeness (QED) is 0.438. The molecule has 5 nitrogen and oxygen atoms in total. The molecule has 0 aliphatic carbocycles. The number of carbonyl (C=O) groups excluding carboxylic acids is 1. The Kier molecular flexibility index (Phi) is 7.82. The first-order valence-electron chi connectivity index (χ1n) is 10.8. The SMILES string of the molecule is Cc1ccc(S(=O)(=O)N(Cc2ccc(Cl)cc2)c2ccccc2C(=O)N[C@@H](C)C(C)C)cc1. The van der Waals surface area contributed by atoms with E-state index in [2.05, 4.69) is 5.32 Å². The van der Waals surface area contributed by atoms with Gasteiger partial charge in [0.25, 0.3) is 15.9 Å². The van der Waals surface area contributed by atoms with Crippen molar-refractivity contribution < 1.29 is 13.2 Å². The van der Waals surface area contributed by atoms with Crippen LogP contribution in [0.4, 0.5) is 5.69 Å². The summed E-state index contributed by atoms with van der Waals surface area (Å²) in [5.41, 5.74) is 2.33. The van der Waals surface area contributed by atoms with Crippen LogP contribution in [0.1, 0.15) is 42.3 Å². The van der Waals surface area contributed by atoms with Crippen LogP contribution < -0.4 is 9.62 Å². The van der Waals surface area contributed by atoms with Crippen molar-refractivity contribution in [2.45, 2.75) is 45.2 Å². The minimum Gasteiger partial charge on any atom is -0.349 e. The number of sulfonamides is 1. The van der Waals surface area contributed by atoms with E-state index in [0.29, 0.717) is 16.3 Å². The summed E-state index contributed by atoms with van der Waals surface area (Å²) in [6.45, 7) is 7.92. The lowest BCUT2D eigenvalue weighted by Crippen LogP contribution is -2.38. The van der Waals surface area contributed by atoms with Gasteiger partial charge in [0.1, 0.15) is 0 Å². The number of aryl methyl sites for hydroxylation is 1. The second kappa shape index (κ2) is 10.4. The molecule has 0 aliphatic heterocycles. The predicted molar refractivity (Wildman–Crippen MR) is 134 cm³/mol. The monoisotopic (exact) mass is 484 g/mol. The molecule has 0 bridgehead atoms. The molecule has 3 aromatic carbocycles. The Hall–Kier alpha value is -2.83. The number of amides is 1. The van der Waals surface area contributed by atoms with E-state index in [1.54, 1.807) is 72.8 Å².